The number of hydrogen-bond acceptors (Lipinski definition) is 4. The van der Waals surface area contributed by atoms with Crippen LogP contribution in [-0.2, 0) is 10.2 Å². The van der Waals surface area contributed by atoms with Crippen LogP contribution in [-0.4, -0.2) is 43.7 Å². The third-order valence-electron chi connectivity index (χ3n) is 7.17. The van der Waals surface area contributed by atoms with E-state index in [1.807, 2.05) is 0 Å². The molecule has 5 nitrogen and oxygen atoms in total. The van der Waals surface area contributed by atoms with Crippen molar-refractivity contribution >= 4 is 18.3 Å². The highest BCUT2D eigenvalue weighted by atomic mass is 35.5. The van der Waals surface area contributed by atoms with Crippen molar-refractivity contribution in [3.8, 4) is 11.5 Å². The van der Waals surface area contributed by atoms with Gasteiger partial charge in [0, 0.05) is 18.5 Å². The van der Waals surface area contributed by atoms with Gasteiger partial charge >= 0.3 is 0 Å². The fourth-order valence-corrected chi connectivity index (χ4v) is 5.67. The number of halogens is 1. The molecule has 6 heteroatoms. The van der Waals surface area contributed by atoms with E-state index in [0.717, 1.165) is 44.0 Å². The summed E-state index contributed by atoms with van der Waals surface area (Å²) in [6.07, 6.45) is 6.93. The van der Waals surface area contributed by atoms with Gasteiger partial charge < -0.3 is 19.7 Å². The van der Waals surface area contributed by atoms with Gasteiger partial charge in [-0.1, -0.05) is 12.8 Å². The second kappa shape index (κ2) is 7.75. The van der Waals surface area contributed by atoms with Gasteiger partial charge in [0.1, 0.15) is 13.2 Å². The topological polar surface area (TPSA) is 50.8 Å². The lowest BCUT2D eigenvalue weighted by atomic mass is 9.71. The normalized spacial score (nSPS) is 27.8. The second-order valence-corrected chi connectivity index (χ2v) is 8.76. The van der Waals surface area contributed by atoms with Crippen molar-refractivity contribution in [2.45, 2.75) is 56.9 Å². The number of rotatable bonds is 1. The molecule has 1 saturated carbocycles. The highest BCUT2D eigenvalue weighted by Crippen LogP contribution is 2.52. The van der Waals surface area contributed by atoms with E-state index in [-0.39, 0.29) is 29.8 Å². The number of fused-ring (bicyclic) bond motifs is 3. The van der Waals surface area contributed by atoms with Crippen LogP contribution in [0.25, 0.3) is 0 Å². The molecule has 1 spiro atoms. The largest absolute Gasteiger partial charge is 0.486 e. The van der Waals surface area contributed by atoms with Crippen molar-refractivity contribution in [3.63, 3.8) is 0 Å². The first-order valence-corrected chi connectivity index (χ1v) is 10.6. The van der Waals surface area contributed by atoms with Crippen molar-refractivity contribution in [1.82, 2.24) is 10.2 Å². The Morgan fingerprint density at radius 3 is 2.54 bits per heavy atom. The first-order chi connectivity index (χ1) is 13.2. The number of piperidine rings is 1. The fraction of sp³-hybridized carbons (Fsp3) is 0.682. The highest BCUT2D eigenvalue weighted by Gasteiger charge is 2.47. The zero-order chi connectivity index (χ0) is 18.4. The monoisotopic (exact) mass is 406 g/mol. The van der Waals surface area contributed by atoms with E-state index < -0.39 is 0 Å². The average molecular weight is 407 g/mol. The molecule has 154 valence electrons. The van der Waals surface area contributed by atoms with E-state index in [2.05, 4.69) is 29.3 Å². The van der Waals surface area contributed by atoms with Gasteiger partial charge in [0.25, 0.3) is 0 Å². The van der Waals surface area contributed by atoms with Crippen LogP contribution < -0.4 is 14.8 Å². The van der Waals surface area contributed by atoms with Gasteiger partial charge in [-0.25, -0.2) is 0 Å². The highest BCUT2D eigenvalue weighted by molar-refractivity contribution is 5.85. The first kappa shape index (κ1) is 19.8. The van der Waals surface area contributed by atoms with Crippen LogP contribution in [0.1, 0.15) is 62.6 Å². The Bertz CT molecular complexity index is 742. The quantitative estimate of drug-likeness (QED) is 0.774. The third-order valence-corrected chi connectivity index (χ3v) is 7.17. The SMILES string of the molecule is CC1c2cc3c(cc2C2(CCCC2)CN1C(=O)C1CCCNC1)OCCO3.Cl. The molecule has 0 bridgehead atoms. The summed E-state index contributed by atoms with van der Waals surface area (Å²) in [7, 11) is 0. The number of hydrogen-bond donors (Lipinski definition) is 1. The Morgan fingerprint density at radius 1 is 1.14 bits per heavy atom. The summed E-state index contributed by atoms with van der Waals surface area (Å²) in [5, 5.41) is 3.41. The van der Waals surface area contributed by atoms with Gasteiger partial charge in [-0.05, 0) is 62.4 Å². The Balaban J connectivity index is 0.00000192. The smallest absolute Gasteiger partial charge is 0.227 e. The minimum atomic E-state index is 0. The first-order valence-electron chi connectivity index (χ1n) is 10.6. The van der Waals surface area contributed by atoms with E-state index in [4.69, 9.17) is 9.47 Å². The van der Waals surface area contributed by atoms with Crippen LogP contribution in [0.4, 0.5) is 0 Å². The lowest BCUT2D eigenvalue weighted by Crippen LogP contribution is -2.52. The van der Waals surface area contributed by atoms with E-state index in [1.165, 1.54) is 36.8 Å². The molecule has 5 rings (SSSR count). The average Bonchev–Trinajstić information content (AvgIpc) is 3.19. The molecule has 1 aromatic rings. The number of ether oxygens (including phenoxy) is 2. The number of carbonyl (C=O) groups excluding carboxylic acids is 1. The number of benzene rings is 1. The van der Waals surface area contributed by atoms with Crippen LogP contribution in [0, 0.1) is 5.92 Å². The Labute approximate surface area is 173 Å². The Hall–Kier alpha value is -1.46. The van der Waals surface area contributed by atoms with Crippen molar-refractivity contribution < 1.29 is 14.3 Å². The maximum absolute atomic E-state index is 13.4. The molecule has 1 N–H and O–H groups in total. The van der Waals surface area contributed by atoms with Crippen LogP contribution in [0.5, 0.6) is 11.5 Å². The van der Waals surface area contributed by atoms with Crippen LogP contribution in [0.2, 0.25) is 0 Å². The molecule has 0 aromatic heterocycles. The predicted molar refractivity (Wildman–Crippen MR) is 111 cm³/mol. The molecular formula is C22H31ClN2O3. The van der Waals surface area contributed by atoms with E-state index >= 15 is 0 Å². The standard InChI is InChI=1S/C22H30N2O3.ClH/c1-15-17-11-19-20(27-10-9-26-19)12-18(17)22(6-2-3-7-22)14-24(15)21(25)16-5-4-8-23-13-16;/h11-12,15-16,23H,2-10,13-14H2,1H3;1H. The van der Waals surface area contributed by atoms with Gasteiger partial charge in [0.2, 0.25) is 5.91 Å². The number of amides is 1. The summed E-state index contributed by atoms with van der Waals surface area (Å²) in [5.74, 6) is 2.18. The molecule has 4 aliphatic rings. The number of nitrogens with zero attached hydrogens (tertiary/aromatic N) is 1. The molecule has 1 aromatic carbocycles. The third kappa shape index (κ3) is 3.17. The number of nitrogens with one attached hydrogen (secondary N) is 1. The maximum atomic E-state index is 13.4. The lowest BCUT2D eigenvalue weighted by molar-refractivity contribution is -0.140. The summed E-state index contributed by atoms with van der Waals surface area (Å²) in [6.45, 7) is 6.12. The summed E-state index contributed by atoms with van der Waals surface area (Å²) in [4.78, 5) is 15.6. The van der Waals surface area contributed by atoms with Crippen LogP contribution >= 0.6 is 12.4 Å². The van der Waals surface area contributed by atoms with Crippen molar-refractivity contribution in [2.75, 3.05) is 32.8 Å². The zero-order valence-corrected chi connectivity index (χ0v) is 17.5. The van der Waals surface area contributed by atoms with E-state index in [1.54, 1.807) is 0 Å². The number of carbonyl (C=O) groups is 1. The van der Waals surface area contributed by atoms with Gasteiger partial charge in [0.15, 0.2) is 11.5 Å². The van der Waals surface area contributed by atoms with Crippen molar-refractivity contribution in [3.05, 3.63) is 23.3 Å². The molecule has 1 amide bonds. The molecule has 2 atom stereocenters. The van der Waals surface area contributed by atoms with Crippen molar-refractivity contribution in [2.24, 2.45) is 5.92 Å². The molecule has 1 saturated heterocycles. The molecule has 1 aliphatic carbocycles. The Morgan fingerprint density at radius 2 is 1.86 bits per heavy atom. The van der Waals surface area contributed by atoms with Crippen LogP contribution in [0.15, 0.2) is 12.1 Å². The Kier molecular flexibility index (Phi) is 5.49. The summed E-state index contributed by atoms with van der Waals surface area (Å²) < 4.78 is 11.7. The second-order valence-electron chi connectivity index (χ2n) is 8.76. The summed E-state index contributed by atoms with van der Waals surface area (Å²) in [5.41, 5.74) is 2.77. The van der Waals surface area contributed by atoms with E-state index in [9.17, 15) is 4.79 Å². The maximum Gasteiger partial charge on any atom is 0.227 e. The molecule has 28 heavy (non-hydrogen) atoms. The zero-order valence-electron chi connectivity index (χ0n) is 16.7. The van der Waals surface area contributed by atoms with E-state index in [0.29, 0.717) is 19.1 Å². The summed E-state index contributed by atoms with van der Waals surface area (Å²) >= 11 is 0. The molecule has 3 heterocycles. The van der Waals surface area contributed by atoms with Gasteiger partial charge in [-0.3, -0.25) is 4.79 Å². The van der Waals surface area contributed by atoms with Crippen molar-refractivity contribution in [1.29, 1.82) is 0 Å². The summed E-state index contributed by atoms with van der Waals surface area (Å²) in [6, 6.07) is 4.49. The van der Waals surface area contributed by atoms with Gasteiger partial charge in [-0.2, -0.15) is 0 Å². The molecular weight excluding hydrogens is 376 g/mol. The molecule has 2 fully saturated rings. The molecule has 2 unspecified atom stereocenters. The van der Waals surface area contributed by atoms with Crippen LogP contribution in [0.3, 0.4) is 0 Å². The minimum absolute atomic E-state index is 0. The minimum Gasteiger partial charge on any atom is -0.486 e. The predicted octanol–water partition coefficient (Wildman–Crippen LogP) is 3.59. The lowest BCUT2D eigenvalue weighted by Gasteiger charge is -2.47. The fourth-order valence-electron chi connectivity index (χ4n) is 5.67. The van der Waals surface area contributed by atoms with Gasteiger partial charge in [-0.15, -0.1) is 12.4 Å². The molecule has 3 aliphatic heterocycles. The molecule has 0 radical (unpaired) electrons. The van der Waals surface area contributed by atoms with Gasteiger partial charge in [0.05, 0.1) is 12.0 Å².